The number of aromatic nitrogens is 1. The van der Waals surface area contributed by atoms with Gasteiger partial charge in [-0.1, -0.05) is 0 Å². The van der Waals surface area contributed by atoms with Gasteiger partial charge in [0.1, 0.15) is 17.9 Å². The number of rotatable bonds is 3. The maximum Gasteiger partial charge on any atom is 0.248 e. The van der Waals surface area contributed by atoms with Crippen LogP contribution in [0.1, 0.15) is 5.89 Å². The smallest absolute Gasteiger partial charge is 0.248 e. The van der Waals surface area contributed by atoms with Gasteiger partial charge in [0.2, 0.25) is 11.8 Å². The highest BCUT2D eigenvalue weighted by molar-refractivity contribution is 5.77. The van der Waals surface area contributed by atoms with Crippen molar-refractivity contribution in [2.45, 2.75) is 6.54 Å². The summed E-state index contributed by atoms with van der Waals surface area (Å²) in [5, 5.41) is 8.83. The molecule has 3 rings (SSSR count). The van der Waals surface area contributed by atoms with Gasteiger partial charge in [0, 0.05) is 32.2 Å². The van der Waals surface area contributed by atoms with Crippen LogP contribution in [0, 0.1) is 5.82 Å². The number of fused-ring (bicyclic) bond motifs is 1. The Hall–Kier alpha value is -1.99. The first-order valence-corrected chi connectivity index (χ1v) is 6.81. The number of halogens is 1. The van der Waals surface area contributed by atoms with Crippen molar-refractivity contribution in [3.05, 3.63) is 29.9 Å². The molecule has 0 atom stereocenters. The highest BCUT2D eigenvalue weighted by atomic mass is 19.1. The van der Waals surface area contributed by atoms with Crippen molar-refractivity contribution in [2.24, 2.45) is 0 Å². The predicted octanol–water partition coefficient (Wildman–Crippen LogP) is 0.603. The van der Waals surface area contributed by atoms with Crippen molar-refractivity contribution in [3.8, 4) is 0 Å². The van der Waals surface area contributed by atoms with E-state index in [1.165, 1.54) is 12.1 Å². The highest BCUT2D eigenvalue weighted by Gasteiger charge is 2.21. The summed E-state index contributed by atoms with van der Waals surface area (Å²) in [5.74, 6) is -0.0389. The largest absolute Gasteiger partial charge is 0.439 e. The number of carbonyl (C=O) groups is 1. The quantitative estimate of drug-likeness (QED) is 0.897. The zero-order valence-electron chi connectivity index (χ0n) is 11.5. The molecule has 1 saturated heterocycles. The van der Waals surface area contributed by atoms with Crippen molar-refractivity contribution in [1.29, 1.82) is 0 Å². The molecule has 2 aromatic rings. The van der Waals surface area contributed by atoms with E-state index in [2.05, 4.69) is 9.88 Å². The number of carbonyl (C=O) groups excluding carboxylic acids is 1. The van der Waals surface area contributed by atoms with Gasteiger partial charge in [-0.15, -0.1) is 0 Å². The Morgan fingerprint density at radius 3 is 2.81 bits per heavy atom. The third kappa shape index (κ3) is 3.03. The first kappa shape index (κ1) is 14.0. The van der Waals surface area contributed by atoms with Crippen molar-refractivity contribution in [1.82, 2.24) is 14.8 Å². The molecule has 6 nitrogen and oxygen atoms in total. The minimum Gasteiger partial charge on any atom is -0.439 e. The van der Waals surface area contributed by atoms with Gasteiger partial charge in [-0.2, -0.15) is 0 Å². The molecule has 0 radical (unpaired) electrons. The summed E-state index contributed by atoms with van der Waals surface area (Å²) in [5.41, 5.74) is 1.08. The number of amides is 1. The molecule has 21 heavy (non-hydrogen) atoms. The second-order valence-electron chi connectivity index (χ2n) is 5.03. The van der Waals surface area contributed by atoms with Crippen LogP contribution in [0.2, 0.25) is 0 Å². The summed E-state index contributed by atoms with van der Waals surface area (Å²) in [7, 11) is 0. The van der Waals surface area contributed by atoms with Gasteiger partial charge >= 0.3 is 0 Å². The number of oxazole rings is 1. The van der Waals surface area contributed by atoms with Gasteiger partial charge in [0.15, 0.2) is 5.58 Å². The molecule has 1 aromatic heterocycles. The van der Waals surface area contributed by atoms with Crippen molar-refractivity contribution in [3.63, 3.8) is 0 Å². The van der Waals surface area contributed by atoms with Crippen LogP contribution in [0.15, 0.2) is 22.6 Å². The molecule has 0 saturated carbocycles. The van der Waals surface area contributed by atoms with E-state index in [1.54, 1.807) is 11.0 Å². The van der Waals surface area contributed by atoms with Crippen LogP contribution in [0.5, 0.6) is 0 Å². The molecule has 0 aliphatic carbocycles. The molecule has 0 bridgehead atoms. The lowest BCUT2D eigenvalue weighted by Crippen LogP contribution is -2.49. The van der Waals surface area contributed by atoms with E-state index in [0.717, 1.165) is 0 Å². The highest BCUT2D eigenvalue weighted by Crippen LogP contribution is 2.18. The fraction of sp³-hybridized carbons (Fsp3) is 0.429. The average molecular weight is 293 g/mol. The molecular formula is C14H16FN3O3. The first-order valence-electron chi connectivity index (χ1n) is 6.81. The summed E-state index contributed by atoms with van der Waals surface area (Å²) in [4.78, 5) is 19.4. The van der Waals surface area contributed by atoms with Crippen LogP contribution in [0.3, 0.4) is 0 Å². The van der Waals surface area contributed by atoms with Crippen LogP contribution in [0.25, 0.3) is 11.1 Å². The van der Waals surface area contributed by atoms with Gasteiger partial charge in [0.05, 0.1) is 6.54 Å². The summed E-state index contributed by atoms with van der Waals surface area (Å²) in [6.45, 7) is 2.62. The Labute approximate surface area is 120 Å². The molecule has 7 heteroatoms. The Morgan fingerprint density at radius 1 is 1.33 bits per heavy atom. The van der Waals surface area contributed by atoms with E-state index >= 15 is 0 Å². The van der Waals surface area contributed by atoms with E-state index in [4.69, 9.17) is 9.52 Å². The average Bonchev–Trinajstić information content (AvgIpc) is 2.88. The van der Waals surface area contributed by atoms with Crippen LogP contribution in [0.4, 0.5) is 4.39 Å². The maximum absolute atomic E-state index is 13.1. The molecule has 1 aromatic carbocycles. The summed E-state index contributed by atoms with van der Waals surface area (Å²) >= 11 is 0. The van der Waals surface area contributed by atoms with Crippen molar-refractivity contribution in [2.75, 3.05) is 32.8 Å². The molecule has 1 N–H and O–H groups in total. The molecule has 1 aliphatic rings. The third-order valence-electron chi connectivity index (χ3n) is 3.61. The fourth-order valence-electron chi connectivity index (χ4n) is 2.46. The number of hydrogen-bond donors (Lipinski definition) is 1. The minimum atomic E-state index is -0.448. The van der Waals surface area contributed by atoms with Crippen molar-refractivity contribution >= 4 is 17.0 Å². The minimum absolute atomic E-state index is 0.244. The SMILES string of the molecule is O=C(CO)N1CCN(Cc2nc3cc(F)ccc3o2)CC1. The lowest BCUT2D eigenvalue weighted by molar-refractivity contribution is -0.136. The van der Waals surface area contributed by atoms with Gasteiger partial charge in [-0.05, 0) is 12.1 Å². The predicted molar refractivity (Wildman–Crippen MR) is 72.9 cm³/mol. The first-order chi connectivity index (χ1) is 10.2. The van der Waals surface area contributed by atoms with Crippen LogP contribution >= 0.6 is 0 Å². The van der Waals surface area contributed by atoms with E-state index in [-0.39, 0.29) is 11.7 Å². The molecule has 1 amide bonds. The molecule has 2 heterocycles. The monoisotopic (exact) mass is 293 g/mol. The standard InChI is InChI=1S/C14H16FN3O3/c15-10-1-2-12-11(7-10)16-13(21-12)8-17-3-5-18(6-4-17)14(20)9-19/h1-2,7,19H,3-6,8-9H2. The van der Waals surface area contributed by atoms with E-state index < -0.39 is 6.61 Å². The van der Waals surface area contributed by atoms with Gasteiger partial charge < -0.3 is 14.4 Å². The summed E-state index contributed by atoms with van der Waals surface area (Å²) < 4.78 is 18.7. The van der Waals surface area contributed by atoms with E-state index in [1.807, 2.05) is 0 Å². The zero-order chi connectivity index (χ0) is 14.8. The molecular weight excluding hydrogens is 277 g/mol. The van der Waals surface area contributed by atoms with Gasteiger partial charge in [-0.25, -0.2) is 9.37 Å². The number of hydrogen-bond acceptors (Lipinski definition) is 5. The maximum atomic E-state index is 13.1. The van der Waals surface area contributed by atoms with Gasteiger partial charge in [0.25, 0.3) is 0 Å². The lowest BCUT2D eigenvalue weighted by atomic mass is 10.3. The number of aliphatic hydroxyl groups is 1. The van der Waals surface area contributed by atoms with Crippen LogP contribution in [-0.4, -0.2) is 58.6 Å². The van der Waals surface area contributed by atoms with Crippen molar-refractivity contribution < 1.29 is 18.7 Å². The Bertz CT molecular complexity index is 650. The van der Waals surface area contributed by atoms with Gasteiger partial charge in [-0.3, -0.25) is 9.69 Å². The molecule has 1 aliphatic heterocycles. The zero-order valence-corrected chi connectivity index (χ0v) is 11.5. The Balaban J connectivity index is 1.63. The van der Waals surface area contributed by atoms with E-state index in [9.17, 15) is 9.18 Å². The lowest BCUT2D eigenvalue weighted by Gasteiger charge is -2.33. The number of aliphatic hydroxyl groups excluding tert-OH is 1. The van der Waals surface area contributed by atoms with Crippen LogP contribution in [-0.2, 0) is 11.3 Å². The molecule has 112 valence electrons. The van der Waals surface area contributed by atoms with E-state index in [0.29, 0.717) is 49.7 Å². The molecule has 0 unspecified atom stereocenters. The van der Waals surface area contributed by atoms with Crippen LogP contribution < -0.4 is 0 Å². The normalized spacial score (nSPS) is 16.6. The second kappa shape index (κ2) is 5.79. The Morgan fingerprint density at radius 2 is 2.10 bits per heavy atom. The number of piperazine rings is 1. The summed E-state index contributed by atoms with van der Waals surface area (Å²) in [6, 6.07) is 4.26. The molecule has 0 spiro atoms. The fourth-order valence-corrected chi connectivity index (χ4v) is 2.46. The number of benzene rings is 1. The Kier molecular flexibility index (Phi) is 3.85. The summed E-state index contributed by atoms with van der Waals surface area (Å²) in [6.07, 6.45) is 0. The third-order valence-corrected chi connectivity index (χ3v) is 3.61. The topological polar surface area (TPSA) is 69.8 Å². The number of nitrogens with zero attached hydrogens (tertiary/aromatic N) is 3. The molecule has 1 fully saturated rings. The second-order valence-corrected chi connectivity index (χ2v) is 5.03.